The van der Waals surface area contributed by atoms with Gasteiger partial charge in [-0.05, 0) is 50.8 Å². The fraction of sp³-hybridized carbons (Fsp3) is 0.500. The van der Waals surface area contributed by atoms with Crippen molar-refractivity contribution in [3.8, 4) is 0 Å². The molecule has 0 spiro atoms. The molecule has 0 aliphatic carbocycles. The van der Waals surface area contributed by atoms with Crippen molar-refractivity contribution < 1.29 is 9.59 Å². The summed E-state index contributed by atoms with van der Waals surface area (Å²) in [6.45, 7) is 0.649. The Morgan fingerprint density at radius 3 is 2.63 bits per heavy atom. The summed E-state index contributed by atoms with van der Waals surface area (Å²) < 4.78 is 1.76. The number of likely N-dealkylation sites (tertiary alicyclic amines) is 1. The number of hydrogen-bond acceptors (Lipinski definition) is 3. The van der Waals surface area contributed by atoms with Gasteiger partial charge < -0.3 is 9.80 Å². The van der Waals surface area contributed by atoms with Gasteiger partial charge in [-0.2, -0.15) is 0 Å². The van der Waals surface area contributed by atoms with Gasteiger partial charge in [-0.3, -0.25) is 9.59 Å². The number of carbonyl (C=O) groups is 2. The lowest BCUT2D eigenvalue weighted by Gasteiger charge is -2.25. The molecule has 2 heterocycles. The number of amides is 2. The van der Waals surface area contributed by atoms with Crippen LogP contribution in [0.4, 0.5) is 0 Å². The Labute approximate surface area is 133 Å². The van der Waals surface area contributed by atoms with Crippen molar-refractivity contribution in [3.05, 3.63) is 19.2 Å². The Bertz CT molecular complexity index is 496. The van der Waals surface area contributed by atoms with Crippen LogP contribution in [0, 0.1) is 0 Å². The van der Waals surface area contributed by atoms with E-state index >= 15 is 0 Å². The van der Waals surface area contributed by atoms with Gasteiger partial charge in [-0.25, -0.2) is 0 Å². The number of hydrogen-bond donors (Lipinski definition) is 0. The summed E-state index contributed by atoms with van der Waals surface area (Å²) in [4.78, 5) is 28.4. The van der Waals surface area contributed by atoms with Gasteiger partial charge in [0.25, 0.3) is 5.91 Å². The molecular formula is C12H14Br2N2O2S. The number of likely N-dealkylation sites (N-methyl/N-ethyl adjacent to an activating group) is 1. The van der Waals surface area contributed by atoms with Gasteiger partial charge in [0.15, 0.2) is 0 Å². The fourth-order valence-electron chi connectivity index (χ4n) is 2.16. The Hall–Kier alpha value is -0.400. The van der Waals surface area contributed by atoms with Gasteiger partial charge in [0.2, 0.25) is 5.91 Å². The molecule has 1 aromatic heterocycles. The molecule has 19 heavy (non-hydrogen) atoms. The van der Waals surface area contributed by atoms with Crippen LogP contribution in [0.3, 0.4) is 0 Å². The summed E-state index contributed by atoms with van der Waals surface area (Å²) in [6, 6.07) is 1.48. The highest BCUT2D eigenvalue weighted by atomic mass is 79.9. The Balaban J connectivity index is 2.20. The largest absolute Gasteiger partial charge is 0.347 e. The van der Waals surface area contributed by atoms with E-state index in [1.165, 1.54) is 11.3 Å². The predicted octanol–water partition coefficient (Wildman–Crippen LogP) is 2.97. The molecule has 1 saturated heterocycles. The molecule has 0 N–H and O–H groups in total. The number of nitrogens with zero attached hydrogens (tertiary/aromatic N) is 2. The molecule has 1 unspecified atom stereocenters. The maximum Gasteiger partial charge on any atom is 0.264 e. The van der Waals surface area contributed by atoms with E-state index in [1.54, 1.807) is 30.0 Å². The monoisotopic (exact) mass is 408 g/mol. The molecule has 1 atom stereocenters. The van der Waals surface area contributed by atoms with Crippen molar-refractivity contribution in [1.29, 1.82) is 0 Å². The van der Waals surface area contributed by atoms with Gasteiger partial charge >= 0.3 is 0 Å². The van der Waals surface area contributed by atoms with E-state index in [1.807, 2.05) is 0 Å². The van der Waals surface area contributed by atoms with E-state index in [9.17, 15) is 9.59 Å². The van der Waals surface area contributed by atoms with Crippen LogP contribution in [0.2, 0.25) is 0 Å². The van der Waals surface area contributed by atoms with Crippen LogP contribution in [-0.4, -0.2) is 48.3 Å². The number of halogens is 2. The first kappa shape index (κ1) is 15.0. The van der Waals surface area contributed by atoms with Crippen LogP contribution in [0.25, 0.3) is 0 Å². The lowest BCUT2D eigenvalue weighted by atomic mass is 10.2. The number of thiophene rings is 1. The highest BCUT2D eigenvalue weighted by Crippen LogP contribution is 2.34. The zero-order valence-electron chi connectivity index (χ0n) is 10.7. The number of rotatable bonds is 2. The molecule has 0 bridgehead atoms. The fourth-order valence-corrected chi connectivity index (χ4v) is 4.15. The average molecular weight is 410 g/mol. The van der Waals surface area contributed by atoms with Crippen LogP contribution in [0.5, 0.6) is 0 Å². The summed E-state index contributed by atoms with van der Waals surface area (Å²) in [5.41, 5.74) is 0. The molecule has 0 saturated carbocycles. The van der Waals surface area contributed by atoms with Crippen LogP contribution in [0.1, 0.15) is 22.5 Å². The Kier molecular flexibility index (Phi) is 4.68. The highest BCUT2D eigenvalue weighted by molar-refractivity contribution is 9.13. The first-order valence-corrected chi connectivity index (χ1v) is 8.29. The third kappa shape index (κ3) is 3.03. The Morgan fingerprint density at radius 1 is 1.42 bits per heavy atom. The summed E-state index contributed by atoms with van der Waals surface area (Å²) in [6.07, 6.45) is 1.63. The second-order valence-electron chi connectivity index (χ2n) is 4.62. The molecule has 4 nitrogen and oxygen atoms in total. The van der Waals surface area contributed by atoms with Crippen molar-refractivity contribution in [3.63, 3.8) is 0 Å². The minimum absolute atomic E-state index is 0.000498. The SMILES string of the molecule is CN(C)C(=O)C1CCCN1C(=O)c1cc(Br)c(Br)s1. The lowest BCUT2D eigenvalue weighted by molar-refractivity contribution is -0.132. The topological polar surface area (TPSA) is 40.6 Å². The molecule has 1 aliphatic rings. The van der Waals surface area contributed by atoms with Crippen molar-refractivity contribution in [2.45, 2.75) is 18.9 Å². The van der Waals surface area contributed by atoms with Crippen molar-refractivity contribution in [1.82, 2.24) is 9.80 Å². The minimum Gasteiger partial charge on any atom is -0.347 e. The molecule has 104 valence electrons. The maximum absolute atomic E-state index is 12.5. The standard InChI is InChI=1S/C12H14Br2N2O2S/c1-15(2)11(17)8-4-3-5-16(8)12(18)9-6-7(13)10(14)19-9/h6,8H,3-5H2,1-2H3. The van der Waals surface area contributed by atoms with E-state index in [0.29, 0.717) is 11.4 Å². The van der Waals surface area contributed by atoms with Gasteiger partial charge in [0.05, 0.1) is 8.66 Å². The summed E-state index contributed by atoms with van der Waals surface area (Å²) in [7, 11) is 3.45. The smallest absolute Gasteiger partial charge is 0.264 e. The molecule has 1 fully saturated rings. The van der Waals surface area contributed by atoms with E-state index in [4.69, 9.17) is 0 Å². The van der Waals surface area contributed by atoms with Gasteiger partial charge in [-0.15, -0.1) is 11.3 Å². The molecule has 2 rings (SSSR count). The third-order valence-electron chi connectivity index (χ3n) is 3.10. The molecule has 1 aliphatic heterocycles. The van der Waals surface area contributed by atoms with E-state index in [-0.39, 0.29) is 17.9 Å². The van der Waals surface area contributed by atoms with E-state index in [0.717, 1.165) is 21.1 Å². The van der Waals surface area contributed by atoms with E-state index in [2.05, 4.69) is 31.9 Å². The quantitative estimate of drug-likeness (QED) is 0.753. The zero-order valence-corrected chi connectivity index (χ0v) is 14.6. The second kappa shape index (κ2) is 5.93. The predicted molar refractivity (Wildman–Crippen MR) is 82.5 cm³/mol. The second-order valence-corrected chi connectivity index (χ2v) is 7.85. The molecule has 2 amide bonds. The van der Waals surface area contributed by atoms with Gasteiger partial charge in [-0.1, -0.05) is 0 Å². The van der Waals surface area contributed by atoms with E-state index < -0.39 is 0 Å². The third-order valence-corrected chi connectivity index (χ3v) is 6.34. The first-order valence-electron chi connectivity index (χ1n) is 5.88. The first-order chi connectivity index (χ1) is 8.91. The minimum atomic E-state index is -0.317. The molecule has 0 radical (unpaired) electrons. The molecule has 1 aromatic rings. The van der Waals surface area contributed by atoms with Gasteiger partial charge in [0.1, 0.15) is 6.04 Å². The van der Waals surface area contributed by atoms with Crippen molar-refractivity contribution >= 4 is 55.0 Å². The number of carbonyl (C=O) groups excluding carboxylic acids is 2. The zero-order chi connectivity index (χ0) is 14.2. The maximum atomic E-state index is 12.5. The molecular weight excluding hydrogens is 396 g/mol. The van der Waals surface area contributed by atoms with Crippen molar-refractivity contribution in [2.24, 2.45) is 0 Å². The Morgan fingerprint density at radius 2 is 2.11 bits per heavy atom. The van der Waals surface area contributed by atoms with Crippen LogP contribution in [0.15, 0.2) is 14.3 Å². The van der Waals surface area contributed by atoms with Crippen LogP contribution in [-0.2, 0) is 4.79 Å². The van der Waals surface area contributed by atoms with Crippen LogP contribution < -0.4 is 0 Å². The molecule has 0 aromatic carbocycles. The van der Waals surface area contributed by atoms with Gasteiger partial charge in [0, 0.05) is 25.1 Å². The summed E-state index contributed by atoms with van der Waals surface area (Å²) in [5, 5.41) is 0. The summed E-state index contributed by atoms with van der Waals surface area (Å²) >= 11 is 8.15. The molecule has 7 heteroatoms. The lowest BCUT2D eigenvalue weighted by Crippen LogP contribution is -2.45. The summed E-state index contributed by atoms with van der Waals surface area (Å²) in [5.74, 6) is -0.0605. The van der Waals surface area contributed by atoms with Crippen molar-refractivity contribution in [2.75, 3.05) is 20.6 Å². The normalized spacial score (nSPS) is 18.7. The van der Waals surface area contributed by atoms with Crippen LogP contribution >= 0.6 is 43.2 Å². The average Bonchev–Trinajstić information content (AvgIpc) is 2.95. The highest BCUT2D eigenvalue weighted by Gasteiger charge is 2.35.